The minimum absolute atomic E-state index is 0.207. The van der Waals surface area contributed by atoms with Gasteiger partial charge in [0.05, 0.1) is 37.0 Å². The van der Waals surface area contributed by atoms with Crippen LogP contribution in [0.5, 0.6) is 11.5 Å². The number of azo groups is 2. The van der Waals surface area contributed by atoms with E-state index in [9.17, 15) is 9.59 Å². The first-order valence-electron chi connectivity index (χ1n) is 15.3. The third-order valence-corrected chi connectivity index (χ3v) is 6.77. The van der Waals surface area contributed by atoms with Gasteiger partial charge in [-0.1, -0.05) is 48.5 Å². The second kappa shape index (κ2) is 17.7. The molecular weight excluding hydrogens is 632 g/mol. The van der Waals surface area contributed by atoms with Gasteiger partial charge in [-0.2, -0.15) is 0 Å². The zero-order valence-corrected chi connectivity index (χ0v) is 27.2. The van der Waals surface area contributed by atoms with Gasteiger partial charge in [0.15, 0.2) is 11.6 Å². The minimum atomic E-state index is -0.207. The highest BCUT2D eigenvalue weighted by Gasteiger charge is 2.11. The molecule has 0 aliphatic carbocycles. The molecule has 2 amide bonds. The second-order valence-electron chi connectivity index (χ2n) is 10.2. The monoisotopic (exact) mass is 664 g/mol. The molecular formula is C38H32N8O4. The molecule has 0 saturated carbocycles. The van der Waals surface area contributed by atoms with E-state index in [-0.39, 0.29) is 11.8 Å². The van der Waals surface area contributed by atoms with Gasteiger partial charge in [-0.25, -0.2) is 9.97 Å². The van der Waals surface area contributed by atoms with Crippen LogP contribution in [0.2, 0.25) is 0 Å². The summed E-state index contributed by atoms with van der Waals surface area (Å²) in [7, 11) is 3.07. The summed E-state index contributed by atoms with van der Waals surface area (Å²) >= 11 is 0. The van der Waals surface area contributed by atoms with Crippen LogP contribution >= 0.6 is 0 Å². The molecule has 0 atom stereocenters. The smallest absolute Gasteiger partial charge is 0.255 e. The van der Waals surface area contributed by atoms with Crippen LogP contribution in [-0.2, 0) is 0 Å². The van der Waals surface area contributed by atoms with Crippen LogP contribution in [0.4, 0.5) is 34.4 Å². The molecule has 6 rings (SSSR count). The minimum Gasteiger partial charge on any atom is -0.494 e. The van der Waals surface area contributed by atoms with Gasteiger partial charge in [-0.15, -0.1) is 20.5 Å². The summed E-state index contributed by atoms with van der Waals surface area (Å²) < 4.78 is 10.7. The second-order valence-corrected chi connectivity index (χ2v) is 10.2. The van der Waals surface area contributed by atoms with Crippen LogP contribution in [0.15, 0.2) is 166 Å². The van der Waals surface area contributed by atoms with Crippen molar-refractivity contribution in [2.45, 2.75) is 0 Å². The van der Waals surface area contributed by atoms with E-state index < -0.39 is 0 Å². The molecule has 6 aromatic rings. The Balaban J connectivity index is 0.000000194. The first-order chi connectivity index (χ1) is 24.5. The topological polar surface area (TPSA) is 152 Å². The molecule has 0 aliphatic rings. The van der Waals surface area contributed by atoms with Gasteiger partial charge in [0.2, 0.25) is 0 Å². The zero-order chi connectivity index (χ0) is 35.0. The predicted molar refractivity (Wildman–Crippen MR) is 192 cm³/mol. The maximum Gasteiger partial charge on any atom is 0.255 e. The number of hydrogen-bond donors (Lipinski definition) is 2. The molecule has 0 aliphatic heterocycles. The van der Waals surface area contributed by atoms with Crippen molar-refractivity contribution >= 4 is 46.2 Å². The van der Waals surface area contributed by atoms with Crippen LogP contribution < -0.4 is 20.1 Å². The van der Waals surface area contributed by atoms with Crippen LogP contribution in [-0.4, -0.2) is 36.0 Å². The maximum atomic E-state index is 12.3. The number of rotatable bonds is 10. The van der Waals surface area contributed by atoms with Crippen molar-refractivity contribution in [1.82, 2.24) is 9.97 Å². The summed E-state index contributed by atoms with van der Waals surface area (Å²) in [5.74, 6) is 1.62. The molecule has 50 heavy (non-hydrogen) atoms. The maximum absolute atomic E-state index is 12.3. The van der Waals surface area contributed by atoms with Gasteiger partial charge in [0, 0.05) is 35.7 Å². The number of pyridine rings is 2. The molecule has 0 spiro atoms. The van der Waals surface area contributed by atoms with E-state index in [0.29, 0.717) is 57.0 Å². The largest absolute Gasteiger partial charge is 0.494 e. The molecule has 2 N–H and O–H groups in total. The Kier molecular flexibility index (Phi) is 12.1. The highest BCUT2D eigenvalue weighted by Crippen LogP contribution is 2.32. The van der Waals surface area contributed by atoms with Crippen LogP contribution in [0.25, 0.3) is 0 Å². The summed E-state index contributed by atoms with van der Waals surface area (Å²) in [6.07, 6.45) is 3.30. The van der Waals surface area contributed by atoms with Crippen molar-refractivity contribution in [3.8, 4) is 11.5 Å². The molecule has 2 aromatic heterocycles. The number of benzene rings is 4. The van der Waals surface area contributed by atoms with Crippen molar-refractivity contribution in [3.05, 3.63) is 157 Å². The lowest BCUT2D eigenvalue weighted by Crippen LogP contribution is -2.12. The summed E-state index contributed by atoms with van der Waals surface area (Å²) in [5.41, 5.74) is 3.47. The van der Waals surface area contributed by atoms with E-state index in [2.05, 4.69) is 41.1 Å². The van der Waals surface area contributed by atoms with Gasteiger partial charge in [0.25, 0.3) is 11.8 Å². The van der Waals surface area contributed by atoms with Gasteiger partial charge in [-0.3, -0.25) is 9.59 Å². The fourth-order valence-electron chi connectivity index (χ4n) is 4.30. The standard InChI is InChI=1S/2C19H16N4O2/c2*1-25-17-13-15(22-23-18-9-5-6-12-20-18)10-11-16(17)21-19(24)14-7-3-2-4-8-14/h2*2-13H,1H3,(H,21,24)/b23-22+;23-22-. The average molecular weight is 665 g/mol. The number of methoxy groups -OCH3 is 2. The quantitative estimate of drug-likeness (QED) is 0.139. The molecule has 0 radical (unpaired) electrons. The highest BCUT2D eigenvalue weighted by atomic mass is 16.5. The van der Waals surface area contributed by atoms with Gasteiger partial charge >= 0.3 is 0 Å². The molecule has 4 aromatic carbocycles. The number of carbonyl (C=O) groups excluding carboxylic acids is 2. The Labute approximate surface area is 288 Å². The Morgan fingerprint density at radius 1 is 0.500 bits per heavy atom. The number of anilines is 2. The first kappa shape index (κ1) is 34.3. The van der Waals surface area contributed by atoms with E-state index in [4.69, 9.17) is 9.47 Å². The summed E-state index contributed by atoms with van der Waals surface area (Å²) in [5, 5.41) is 22.0. The number of nitrogens with zero attached hydrogens (tertiary/aromatic N) is 6. The lowest BCUT2D eigenvalue weighted by atomic mass is 10.2. The number of amides is 2. The van der Waals surface area contributed by atoms with Crippen LogP contribution in [0.3, 0.4) is 0 Å². The summed E-state index contributed by atoms with van der Waals surface area (Å²) in [6.45, 7) is 0. The molecule has 0 fully saturated rings. The van der Waals surface area contributed by atoms with Crippen molar-refractivity contribution in [3.63, 3.8) is 0 Å². The molecule has 12 heteroatoms. The van der Waals surface area contributed by atoms with Crippen molar-refractivity contribution in [2.24, 2.45) is 20.5 Å². The first-order valence-corrected chi connectivity index (χ1v) is 15.3. The number of aromatic nitrogens is 2. The van der Waals surface area contributed by atoms with Crippen molar-refractivity contribution in [1.29, 1.82) is 0 Å². The lowest BCUT2D eigenvalue weighted by Gasteiger charge is -2.10. The van der Waals surface area contributed by atoms with Gasteiger partial charge < -0.3 is 20.1 Å². The Morgan fingerprint density at radius 2 is 0.900 bits per heavy atom. The van der Waals surface area contributed by atoms with Crippen molar-refractivity contribution < 1.29 is 19.1 Å². The van der Waals surface area contributed by atoms with E-state index in [1.807, 2.05) is 60.7 Å². The summed E-state index contributed by atoms with van der Waals surface area (Å²) in [4.78, 5) is 32.7. The van der Waals surface area contributed by atoms with Crippen molar-refractivity contribution in [2.75, 3.05) is 24.9 Å². The molecule has 0 unspecified atom stereocenters. The normalized spacial score (nSPS) is 10.6. The third-order valence-electron chi connectivity index (χ3n) is 6.77. The Morgan fingerprint density at radius 3 is 1.26 bits per heavy atom. The SMILES string of the molecule is COc1cc(/N=N/c2ccccn2)ccc1NC(=O)c1ccccc1.COc1cc(/N=N\c2ccccn2)ccc1NC(=O)c1ccccc1. The number of nitrogens with one attached hydrogen (secondary N) is 2. The average Bonchev–Trinajstić information content (AvgIpc) is 3.18. The molecule has 12 nitrogen and oxygen atoms in total. The van der Waals surface area contributed by atoms with Gasteiger partial charge in [0.1, 0.15) is 11.5 Å². The van der Waals surface area contributed by atoms with E-state index in [1.54, 1.807) is 85.2 Å². The lowest BCUT2D eigenvalue weighted by molar-refractivity contribution is 0.101. The predicted octanol–water partition coefficient (Wildman–Crippen LogP) is 9.52. The van der Waals surface area contributed by atoms with E-state index >= 15 is 0 Å². The molecule has 0 bridgehead atoms. The summed E-state index contributed by atoms with van der Waals surface area (Å²) in [6, 6.07) is 39.1. The number of carbonyl (C=O) groups is 2. The fraction of sp³-hybridized carbons (Fsp3) is 0.0526. The van der Waals surface area contributed by atoms with Crippen LogP contribution in [0, 0.1) is 0 Å². The van der Waals surface area contributed by atoms with E-state index in [1.165, 1.54) is 14.2 Å². The third kappa shape index (κ3) is 9.96. The Bertz CT molecular complexity index is 1910. The zero-order valence-electron chi connectivity index (χ0n) is 27.2. The van der Waals surface area contributed by atoms with Crippen LogP contribution in [0.1, 0.15) is 20.7 Å². The highest BCUT2D eigenvalue weighted by molar-refractivity contribution is 6.05. The molecule has 2 heterocycles. The fourth-order valence-corrected chi connectivity index (χ4v) is 4.30. The number of hydrogen-bond acceptors (Lipinski definition) is 10. The van der Waals surface area contributed by atoms with E-state index in [0.717, 1.165) is 0 Å². The molecule has 248 valence electrons. The molecule has 0 saturated heterocycles. The van der Waals surface area contributed by atoms with Gasteiger partial charge in [-0.05, 0) is 72.8 Å². The number of ether oxygens (including phenoxy) is 2. The Hall–Kier alpha value is -7.08.